The van der Waals surface area contributed by atoms with Gasteiger partial charge in [0.15, 0.2) is 0 Å². The van der Waals surface area contributed by atoms with E-state index in [0.29, 0.717) is 39.4 Å². The number of nitrogens with zero attached hydrogens (tertiary/aromatic N) is 4. The Morgan fingerprint density at radius 2 is 1.87 bits per heavy atom. The van der Waals surface area contributed by atoms with E-state index in [1.54, 1.807) is 12.4 Å². The summed E-state index contributed by atoms with van der Waals surface area (Å²) in [6.07, 6.45) is 4.51. The summed E-state index contributed by atoms with van der Waals surface area (Å²) in [6.45, 7) is 2.53. The van der Waals surface area contributed by atoms with Crippen LogP contribution < -0.4 is 4.74 Å². The SMILES string of the molecule is O=S(=O)(N1CCOCC1)N1CCCC(Oc2ncc(Br)cn2)C1. The van der Waals surface area contributed by atoms with E-state index in [-0.39, 0.29) is 12.1 Å². The normalized spacial score (nSPS) is 24.5. The van der Waals surface area contributed by atoms with Gasteiger partial charge in [-0.2, -0.15) is 17.0 Å². The Balaban J connectivity index is 1.64. The molecule has 0 aromatic carbocycles. The summed E-state index contributed by atoms with van der Waals surface area (Å²) in [6, 6.07) is 0.267. The van der Waals surface area contributed by atoms with Crippen molar-refractivity contribution >= 4 is 26.1 Å². The average Bonchev–Trinajstić information content (AvgIpc) is 2.58. The molecule has 0 bridgehead atoms. The molecule has 8 nitrogen and oxygen atoms in total. The van der Waals surface area contributed by atoms with Crippen LogP contribution in [0.25, 0.3) is 0 Å². The first-order chi connectivity index (χ1) is 11.1. The van der Waals surface area contributed by atoms with E-state index < -0.39 is 10.2 Å². The largest absolute Gasteiger partial charge is 0.459 e. The molecule has 2 saturated heterocycles. The molecule has 2 fully saturated rings. The van der Waals surface area contributed by atoms with Crippen LogP contribution in [-0.2, 0) is 14.9 Å². The molecule has 1 unspecified atom stereocenters. The van der Waals surface area contributed by atoms with E-state index in [9.17, 15) is 8.42 Å². The van der Waals surface area contributed by atoms with Gasteiger partial charge in [-0.15, -0.1) is 0 Å². The molecule has 0 spiro atoms. The molecule has 0 aliphatic carbocycles. The van der Waals surface area contributed by atoms with Gasteiger partial charge < -0.3 is 9.47 Å². The lowest BCUT2D eigenvalue weighted by Gasteiger charge is -2.36. The third kappa shape index (κ3) is 4.18. The van der Waals surface area contributed by atoms with Crippen molar-refractivity contribution < 1.29 is 17.9 Å². The van der Waals surface area contributed by atoms with Crippen LogP contribution in [0.3, 0.4) is 0 Å². The molecule has 0 radical (unpaired) electrons. The minimum atomic E-state index is -3.46. The molecule has 128 valence electrons. The van der Waals surface area contributed by atoms with Crippen molar-refractivity contribution in [1.82, 2.24) is 18.6 Å². The maximum Gasteiger partial charge on any atom is 0.316 e. The number of piperidine rings is 1. The molecule has 1 atom stereocenters. The van der Waals surface area contributed by atoms with E-state index in [1.165, 1.54) is 8.61 Å². The summed E-state index contributed by atoms with van der Waals surface area (Å²) in [5.74, 6) is 0. The lowest BCUT2D eigenvalue weighted by atomic mass is 10.1. The molecule has 0 amide bonds. The standard InChI is InChI=1S/C13H19BrN4O4S/c14-11-8-15-13(16-9-11)22-12-2-1-3-18(10-12)23(19,20)17-4-6-21-7-5-17/h8-9,12H,1-7,10H2. The number of halogens is 1. The molecular formula is C13H19BrN4O4S. The lowest BCUT2D eigenvalue weighted by molar-refractivity contribution is 0.0660. The minimum Gasteiger partial charge on any atom is -0.459 e. The van der Waals surface area contributed by atoms with Crippen molar-refractivity contribution in [3.8, 4) is 6.01 Å². The third-order valence-electron chi connectivity index (χ3n) is 3.83. The van der Waals surface area contributed by atoms with Gasteiger partial charge in [-0.3, -0.25) is 0 Å². The van der Waals surface area contributed by atoms with Crippen LogP contribution in [0, 0.1) is 0 Å². The van der Waals surface area contributed by atoms with Crippen LogP contribution in [0.5, 0.6) is 6.01 Å². The molecule has 1 aromatic heterocycles. The summed E-state index contributed by atoms with van der Waals surface area (Å²) in [4.78, 5) is 8.15. The second kappa shape index (κ2) is 7.39. The highest BCUT2D eigenvalue weighted by molar-refractivity contribution is 9.10. The monoisotopic (exact) mass is 406 g/mol. The lowest BCUT2D eigenvalue weighted by Crippen LogP contribution is -2.53. The number of hydrogen-bond acceptors (Lipinski definition) is 6. The molecule has 23 heavy (non-hydrogen) atoms. The highest BCUT2D eigenvalue weighted by Crippen LogP contribution is 2.21. The average molecular weight is 407 g/mol. The zero-order valence-electron chi connectivity index (χ0n) is 12.6. The first kappa shape index (κ1) is 17.0. The van der Waals surface area contributed by atoms with Gasteiger partial charge in [0.25, 0.3) is 10.2 Å². The molecule has 3 rings (SSSR count). The zero-order chi connectivity index (χ0) is 16.3. The zero-order valence-corrected chi connectivity index (χ0v) is 15.0. The predicted octanol–water partition coefficient (Wildman–Crippen LogP) is 0.659. The van der Waals surface area contributed by atoms with Gasteiger partial charge >= 0.3 is 6.01 Å². The smallest absolute Gasteiger partial charge is 0.316 e. The Kier molecular flexibility index (Phi) is 5.47. The Morgan fingerprint density at radius 3 is 2.57 bits per heavy atom. The van der Waals surface area contributed by atoms with Gasteiger partial charge in [0.2, 0.25) is 0 Å². The molecule has 3 heterocycles. The maximum absolute atomic E-state index is 12.7. The highest BCUT2D eigenvalue weighted by Gasteiger charge is 2.35. The topological polar surface area (TPSA) is 84.9 Å². The second-order valence-electron chi connectivity index (χ2n) is 5.44. The summed E-state index contributed by atoms with van der Waals surface area (Å²) in [5.41, 5.74) is 0. The Morgan fingerprint density at radius 1 is 1.17 bits per heavy atom. The van der Waals surface area contributed by atoms with E-state index in [2.05, 4.69) is 25.9 Å². The number of rotatable bonds is 4. The molecule has 2 aliphatic rings. The second-order valence-corrected chi connectivity index (χ2v) is 8.29. The van der Waals surface area contributed by atoms with Crippen LogP contribution >= 0.6 is 15.9 Å². The Bertz CT molecular complexity index is 621. The summed E-state index contributed by atoms with van der Waals surface area (Å²) < 4.78 is 40.1. The first-order valence-corrected chi connectivity index (χ1v) is 9.72. The van der Waals surface area contributed by atoms with Gasteiger partial charge in [-0.1, -0.05) is 0 Å². The summed E-state index contributed by atoms with van der Waals surface area (Å²) >= 11 is 3.27. The fourth-order valence-corrected chi connectivity index (χ4v) is 4.52. The maximum atomic E-state index is 12.7. The van der Waals surface area contributed by atoms with E-state index in [4.69, 9.17) is 9.47 Å². The molecule has 2 aliphatic heterocycles. The van der Waals surface area contributed by atoms with Gasteiger partial charge in [0.05, 0.1) is 24.2 Å². The van der Waals surface area contributed by atoms with Gasteiger partial charge in [0.1, 0.15) is 6.10 Å². The minimum absolute atomic E-state index is 0.235. The van der Waals surface area contributed by atoms with Crippen molar-refractivity contribution in [2.45, 2.75) is 18.9 Å². The number of ether oxygens (including phenoxy) is 2. The number of aromatic nitrogens is 2. The quantitative estimate of drug-likeness (QED) is 0.729. The van der Waals surface area contributed by atoms with E-state index in [0.717, 1.165) is 17.3 Å². The highest BCUT2D eigenvalue weighted by atomic mass is 79.9. The van der Waals surface area contributed by atoms with Crippen molar-refractivity contribution in [2.24, 2.45) is 0 Å². The molecule has 0 N–H and O–H groups in total. The summed E-state index contributed by atoms with van der Waals surface area (Å²) in [7, 11) is -3.46. The van der Waals surface area contributed by atoms with E-state index in [1.807, 2.05) is 0 Å². The van der Waals surface area contributed by atoms with Crippen LogP contribution in [-0.4, -0.2) is 72.5 Å². The number of hydrogen-bond donors (Lipinski definition) is 0. The number of morpholine rings is 1. The van der Waals surface area contributed by atoms with Crippen molar-refractivity contribution in [3.63, 3.8) is 0 Å². The van der Waals surface area contributed by atoms with Crippen LogP contribution in [0.4, 0.5) is 0 Å². The molecule has 1 aromatic rings. The first-order valence-electron chi connectivity index (χ1n) is 7.53. The fourth-order valence-electron chi connectivity index (χ4n) is 2.66. The molecule has 0 saturated carbocycles. The van der Waals surface area contributed by atoms with Crippen molar-refractivity contribution in [2.75, 3.05) is 39.4 Å². The predicted molar refractivity (Wildman–Crippen MR) is 86.3 cm³/mol. The fraction of sp³-hybridized carbons (Fsp3) is 0.692. The van der Waals surface area contributed by atoms with Crippen LogP contribution in [0.15, 0.2) is 16.9 Å². The van der Waals surface area contributed by atoms with Crippen molar-refractivity contribution in [1.29, 1.82) is 0 Å². The van der Waals surface area contributed by atoms with E-state index >= 15 is 0 Å². The van der Waals surface area contributed by atoms with Crippen LogP contribution in [0.2, 0.25) is 0 Å². The Labute approximate surface area is 144 Å². The van der Waals surface area contributed by atoms with Gasteiger partial charge in [-0.25, -0.2) is 9.97 Å². The molecular weight excluding hydrogens is 388 g/mol. The Hall–Kier alpha value is -0.810. The van der Waals surface area contributed by atoms with Crippen molar-refractivity contribution in [3.05, 3.63) is 16.9 Å². The van der Waals surface area contributed by atoms with Gasteiger partial charge in [0, 0.05) is 32.0 Å². The molecule has 10 heteroatoms. The third-order valence-corrected chi connectivity index (χ3v) is 6.24. The van der Waals surface area contributed by atoms with Gasteiger partial charge in [-0.05, 0) is 28.8 Å². The van der Waals surface area contributed by atoms with Crippen LogP contribution in [0.1, 0.15) is 12.8 Å². The summed E-state index contributed by atoms with van der Waals surface area (Å²) in [5, 5.41) is 0.